The highest BCUT2D eigenvalue weighted by atomic mass is 16.3. The summed E-state index contributed by atoms with van der Waals surface area (Å²) >= 11 is 0. The topological polar surface area (TPSA) is 78.1 Å². The normalized spacial score (nSPS) is 13.4. The average Bonchev–Trinajstić information content (AvgIpc) is 3.89. The zero-order valence-corrected chi connectivity index (χ0v) is 27.3. The Bertz CT molecular complexity index is 3100. The minimum Gasteiger partial charge on any atom is -0.456 e. The number of nitrogens with zero attached hydrogens (tertiary/aromatic N) is 3. The first-order valence-electron chi connectivity index (χ1n) is 17.2. The molecule has 0 aliphatic heterocycles. The van der Waals surface area contributed by atoms with E-state index in [1.807, 2.05) is 60.7 Å². The molecule has 1 aliphatic rings. The van der Waals surface area contributed by atoms with Crippen molar-refractivity contribution in [3.05, 3.63) is 145 Å². The van der Waals surface area contributed by atoms with Gasteiger partial charge >= 0.3 is 0 Å². The third-order valence-corrected chi connectivity index (χ3v) is 10.0. The minimum atomic E-state index is 0.588. The largest absolute Gasteiger partial charge is 0.456 e. The fourth-order valence-electron chi connectivity index (χ4n) is 7.70. The number of fused-ring (bicyclic) bond motifs is 9. The standard InChI is InChI=1S/C45H27N3O3/c1-2-11-26(12-3-1)43-46-44(27-23-24-29-28-13-4-6-18-34(28)50-39(29)25-27)48-45(47-43)33-17-10-22-38-42(33)41-31(16-9-21-37(41)51-38)30-15-8-20-36-40(30)32-14-5-7-19-35(32)49-36/h1-2,4-11,13-25H,3,12H2. The molecule has 4 heterocycles. The molecule has 0 unspecified atom stereocenters. The lowest BCUT2D eigenvalue weighted by Gasteiger charge is -2.12. The predicted molar refractivity (Wildman–Crippen MR) is 204 cm³/mol. The van der Waals surface area contributed by atoms with Crippen LogP contribution in [0.25, 0.3) is 105 Å². The number of furan rings is 3. The van der Waals surface area contributed by atoms with E-state index in [4.69, 9.17) is 28.2 Å². The smallest absolute Gasteiger partial charge is 0.164 e. The van der Waals surface area contributed by atoms with Crippen molar-refractivity contribution in [3.63, 3.8) is 0 Å². The molecule has 0 spiro atoms. The van der Waals surface area contributed by atoms with Gasteiger partial charge in [0.2, 0.25) is 0 Å². The summed E-state index contributed by atoms with van der Waals surface area (Å²) in [5.74, 6) is 1.85. The fraction of sp³-hybridized carbons (Fsp3) is 0.0444. The van der Waals surface area contributed by atoms with E-state index in [9.17, 15) is 0 Å². The van der Waals surface area contributed by atoms with Crippen molar-refractivity contribution >= 4 is 71.4 Å². The third kappa shape index (κ3) is 4.33. The maximum absolute atomic E-state index is 6.57. The van der Waals surface area contributed by atoms with Crippen LogP contribution in [0.1, 0.15) is 18.7 Å². The molecule has 4 aromatic heterocycles. The molecule has 11 rings (SSSR count). The molecule has 0 saturated carbocycles. The molecule has 0 saturated heterocycles. The molecule has 51 heavy (non-hydrogen) atoms. The van der Waals surface area contributed by atoms with Crippen molar-refractivity contribution in [2.24, 2.45) is 0 Å². The molecule has 0 fully saturated rings. The molecule has 6 heteroatoms. The van der Waals surface area contributed by atoms with Crippen LogP contribution >= 0.6 is 0 Å². The van der Waals surface area contributed by atoms with Crippen LogP contribution in [0.4, 0.5) is 0 Å². The van der Waals surface area contributed by atoms with Crippen LogP contribution in [0.3, 0.4) is 0 Å². The Morgan fingerprint density at radius 1 is 0.431 bits per heavy atom. The van der Waals surface area contributed by atoms with Gasteiger partial charge in [0, 0.05) is 43.4 Å². The SMILES string of the molecule is C1=CCCC(c2nc(-c3ccc4c(c3)oc3ccccc34)nc(-c3cccc4oc5cccc(-c6cccc7oc8ccccc8c67)c5c34)n2)=C1. The third-order valence-electron chi connectivity index (χ3n) is 10.0. The average molecular weight is 658 g/mol. The Kier molecular flexibility index (Phi) is 5.98. The van der Waals surface area contributed by atoms with Crippen LogP contribution in [0, 0.1) is 0 Å². The van der Waals surface area contributed by atoms with Crippen LogP contribution < -0.4 is 0 Å². The highest BCUT2D eigenvalue weighted by molar-refractivity contribution is 6.21. The summed E-state index contributed by atoms with van der Waals surface area (Å²) in [4.78, 5) is 15.4. The maximum Gasteiger partial charge on any atom is 0.164 e. The maximum atomic E-state index is 6.57. The summed E-state index contributed by atoms with van der Waals surface area (Å²) < 4.78 is 19.1. The van der Waals surface area contributed by atoms with Crippen LogP contribution in [-0.4, -0.2) is 15.0 Å². The predicted octanol–water partition coefficient (Wildman–Crippen LogP) is 12.3. The van der Waals surface area contributed by atoms with Gasteiger partial charge in [0.25, 0.3) is 0 Å². The van der Waals surface area contributed by atoms with Crippen molar-refractivity contribution in [2.75, 3.05) is 0 Å². The van der Waals surface area contributed by atoms with E-state index < -0.39 is 0 Å². The van der Waals surface area contributed by atoms with E-state index in [0.29, 0.717) is 17.5 Å². The second-order valence-electron chi connectivity index (χ2n) is 13.0. The molecule has 240 valence electrons. The number of rotatable bonds is 4. The second kappa shape index (κ2) is 10.9. The van der Waals surface area contributed by atoms with Gasteiger partial charge in [-0.15, -0.1) is 0 Å². The van der Waals surface area contributed by atoms with Crippen molar-refractivity contribution in [3.8, 4) is 33.9 Å². The number of aromatic nitrogens is 3. The van der Waals surface area contributed by atoms with Crippen molar-refractivity contribution in [2.45, 2.75) is 12.8 Å². The summed E-state index contributed by atoms with van der Waals surface area (Å²) in [5, 5.41) is 6.27. The molecule has 6 nitrogen and oxygen atoms in total. The Hall–Kier alpha value is -6.79. The first-order chi connectivity index (χ1) is 25.3. The van der Waals surface area contributed by atoms with Gasteiger partial charge in [-0.2, -0.15) is 0 Å². The number of hydrogen-bond acceptors (Lipinski definition) is 6. The van der Waals surface area contributed by atoms with Gasteiger partial charge in [-0.1, -0.05) is 97.1 Å². The Balaban J connectivity index is 1.17. The summed E-state index contributed by atoms with van der Waals surface area (Å²) in [6.45, 7) is 0. The summed E-state index contributed by atoms with van der Waals surface area (Å²) in [6, 6.07) is 41.1. The molecule has 0 bridgehead atoms. The highest BCUT2D eigenvalue weighted by Gasteiger charge is 2.22. The Morgan fingerprint density at radius 3 is 1.78 bits per heavy atom. The van der Waals surface area contributed by atoms with Crippen molar-refractivity contribution in [1.29, 1.82) is 0 Å². The molecular weight excluding hydrogens is 631 g/mol. The Labute approximate surface area is 291 Å². The van der Waals surface area contributed by atoms with Gasteiger partial charge in [0.1, 0.15) is 33.5 Å². The monoisotopic (exact) mass is 657 g/mol. The molecule has 1 aliphatic carbocycles. The van der Waals surface area contributed by atoms with Crippen molar-refractivity contribution in [1.82, 2.24) is 15.0 Å². The number of allylic oxidation sites excluding steroid dienone is 4. The molecule has 6 aromatic carbocycles. The number of para-hydroxylation sites is 2. The lowest BCUT2D eigenvalue weighted by Crippen LogP contribution is -2.04. The summed E-state index contributed by atoms with van der Waals surface area (Å²) in [6.07, 6.45) is 8.15. The van der Waals surface area contributed by atoms with E-state index in [0.717, 1.165) is 106 Å². The summed E-state index contributed by atoms with van der Waals surface area (Å²) in [5.41, 5.74) is 9.89. The van der Waals surface area contributed by atoms with Crippen LogP contribution in [-0.2, 0) is 0 Å². The molecule has 10 aromatic rings. The van der Waals surface area contributed by atoms with Gasteiger partial charge in [-0.05, 0) is 72.0 Å². The fourth-order valence-corrected chi connectivity index (χ4v) is 7.70. The second-order valence-corrected chi connectivity index (χ2v) is 13.0. The van der Waals surface area contributed by atoms with Gasteiger partial charge in [-0.25, -0.2) is 15.0 Å². The lowest BCUT2D eigenvalue weighted by molar-refractivity contribution is 0.668. The summed E-state index contributed by atoms with van der Waals surface area (Å²) in [7, 11) is 0. The molecule has 0 N–H and O–H groups in total. The van der Waals surface area contributed by atoms with E-state index in [2.05, 4.69) is 78.9 Å². The first-order valence-corrected chi connectivity index (χ1v) is 17.2. The zero-order valence-electron chi connectivity index (χ0n) is 27.3. The van der Waals surface area contributed by atoms with Gasteiger partial charge in [-0.3, -0.25) is 0 Å². The lowest BCUT2D eigenvalue weighted by atomic mass is 9.94. The Morgan fingerprint density at radius 2 is 1.00 bits per heavy atom. The van der Waals surface area contributed by atoms with Gasteiger partial charge in [0.15, 0.2) is 17.5 Å². The first kappa shape index (κ1) is 28.1. The van der Waals surface area contributed by atoms with E-state index in [-0.39, 0.29) is 0 Å². The van der Waals surface area contributed by atoms with Crippen LogP contribution in [0.15, 0.2) is 153 Å². The van der Waals surface area contributed by atoms with E-state index in [1.54, 1.807) is 0 Å². The highest BCUT2D eigenvalue weighted by Crippen LogP contribution is 2.44. The number of hydrogen-bond donors (Lipinski definition) is 0. The van der Waals surface area contributed by atoms with Crippen molar-refractivity contribution < 1.29 is 13.3 Å². The molecule has 0 amide bonds. The van der Waals surface area contributed by atoms with E-state index in [1.165, 1.54) is 0 Å². The molecule has 0 atom stereocenters. The van der Waals surface area contributed by atoms with Gasteiger partial charge < -0.3 is 13.3 Å². The van der Waals surface area contributed by atoms with E-state index >= 15 is 0 Å². The quantitative estimate of drug-likeness (QED) is 0.187. The number of benzene rings is 6. The minimum absolute atomic E-state index is 0.588. The molecular formula is C45H27N3O3. The van der Waals surface area contributed by atoms with Gasteiger partial charge in [0.05, 0.1) is 0 Å². The van der Waals surface area contributed by atoms with Crippen LogP contribution in [0.5, 0.6) is 0 Å². The molecule has 0 radical (unpaired) electrons. The van der Waals surface area contributed by atoms with Crippen LogP contribution in [0.2, 0.25) is 0 Å². The zero-order chi connectivity index (χ0) is 33.5.